The first kappa shape index (κ1) is 13.2. The topological polar surface area (TPSA) is 28.2 Å². The van der Waals surface area contributed by atoms with Crippen LogP contribution in [0, 0.1) is 0 Å². The Labute approximate surface area is 111 Å². The lowest BCUT2D eigenvalue weighted by atomic mass is 10.1. The molecule has 0 saturated carbocycles. The van der Waals surface area contributed by atoms with E-state index in [1.165, 1.54) is 19.3 Å². The van der Waals surface area contributed by atoms with Crippen molar-refractivity contribution in [3.63, 3.8) is 0 Å². The number of piperidine rings is 1. The quantitative estimate of drug-likeness (QED) is 0.860. The number of hydrogen-bond acceptors (Lipinski definition) is 3. The van der Waals surface area contributed by atoms with Gasteiger partial charge in [-0.25, -0.2) is 4.98 Å². The van der Waals surface area contributed by atoms with E-state index in [0.29, 0.717) is 6.04 Å². The molecule has 100 valence electrons. The summed E-state index contributed by atoms with van der Waals surface area (Å²) in [6.07, 6.45) is 8.26. The smallest absolute Gasteiger partial charge is 0.128 e. The second-order valence-electron chi connectivity index (χ2n) is 5.11. The molecule has 0 bridgehead atoms. The summed E-state index contributed by atoms with van der Waals surface area (Å²) in [5.41, 5.74) is 1.14. The van der Waals surface area contributed by atoms with Gasteiger partial charge < -0.3 is 10.2 Å². The number of nitrogens with zero attached hydrogens (tertiary/aromatic N) is 2. The fraction of sp³-hybridized carbons (Fsp3) is 0.667. The van der Waals surface area contributed by atoms with Crippen LogP contribution in [0.3, 0.4) is 0 Å². The second kappa shape index (κ2) is 6.62. The molecule has 1 aromatic rings. The van der Waals surface area contributed by atoms with Gasteiger partial charge >= 0.3 is 0 Å². The summed E-state index contributed by atoms with van der Waals surface area (Å²) in [4.78, 5) is 6.98. The summed E-state index contributed by atoms with van der Waals surface area (Å²) < 4.78 is 0. The first-order chi connectivity index (χ1) is 8.83. The van der Waals surface area contributed by atoms with Gasteiger partial charge in [0.1, 0.15) is 5.82 Å². The Hall–Kier alpha value is -1.25. The molecule has 0 amide bonds. The van der Waals surface area contributed by atoms with Crippen LogP contribution < -0.4 is 10.2 Å². The summed E-state index contributed by atoms with van der Waals surface area (Å²) in [5.74, 6) is 1.13. The van der Waals surface area contributed by atoms with Crippen molar-refractivity contribution >= 4 is 11.5 Å². The molecule has 1 aliphatic heterocycles. The van der Waals surface area contributed by atoms with Gasteiger partial charge in [0, 0.05) is 19.1 Å². The van der Waals surface area contributed by atoms with Crippen molar-refractivity contribution in [3.05, 3.63) is 18.3 Å². The minimum Gasteiger partial charge on any atom is -0.381 e. The van der Waals surface area contributed by atoms with Gasteiger partial charge in [0.05, 0.1) is 11.9 Å². The molecule has 1 N–H and O–H groups in total. The molecule has 0 spiro atoms. The average Bonchev–Trinajstić information content (AvgIpc) is 2.46. The lowest BCUT2D eigenvalue weighted by Gasteiger charge is -2.27. The summed E-state index contributed by atoms with van der Waals surface area (Å²) in [6.45, 7) is 6.76. The van der Waals surface area contributed by atoms with Crippen LogP contribution >= 0.6 is 0 Å². The predicted molar refractivity (Wildman–Crippen MR) is 78.3 cm³/mol. The van der Waals surface area contributed by atoms with Crippen LogP contribution in [0.1, 0.15) is 46.0 Å². The lowest BCUT2D eigenvalue weighted by molar-refractivity contribution is 0.573. The summed E-state index contributed by atoms with van der Waals surface area (Å²) in [7, 11) is 0. The van der Waals surface area contributed by atoms with E-state index in [1.54, 1.807) is 0 Å². The number of pyridine rings is 1. The highest BCUT2D eigenvalue weighted by Gasteiger charge is 2.11. The van der Waals surface area contributed by atoms with Crippen LogP contribution in [0.5, 0.6) is 0 Å². The lowest BCUT2D eigenvalue weighted by Crippen LogP contribution is -2.30. The van der Waals surface area contributed by atoms with Gasteiger partial charge in [-0.15, -0.1) is 0 Å². The molecule has 2 rings (SSSR count). The molecule has 3 heteroatoms. The third kappa shape index (κ3) is 3.37. The largest absolute Gasteiger partial charge is 0.381 e. The van der Waals surface area contributed by atoms with Gasteiger partial charge in [-0.2, -0.15) is 0 Å². The summed E-state index contributed by atoms with van der Waals surface area (Å²) in [6, 6.07) is 4.87. The summed E-state index contributed by atoms with van der Waals surface area (Å²) in [5, 5.41) is 3.53. The monoisotopic (exact) mass is 247 g/mol. The van der Waals surface area contributed by atoms with Crippen LogP contribution in [0.15, 0.2) is 18.3 Å². The molecule has 1 aliphatic rings. The number of rotatable bonds is 5. The van der Waals surface area contributed by atoms with E-state index in [4.69, 9.17) is 0 Å². The first-order valence-corrected chi connectivity index (χ1v) is 7.31. The Bertz CT molecular complexity index is 337. The zero-order valence-electron chi connectivity index (χ0n) is 11.7. The Morgan fingerprint density at radius 2 is 1.89 bits per heavy atom. The molecule has 18 heavy (non-hydrogen) atoms. The molecular formula is C15H25N3. The van der Waals surface area contributed by atoms with Crippen LogP contribution in [0.4, 0.5) is 11.5 Å². The molecule has 0 unspecified atom stereocenters. The van der Waals surface area contributed by atoms with Gasteiger partial charge in [0.15, 0.2) is 0 Å². The molecule has 1 aromatic heterocycles. The van der Waals surface area contributed by atoms with Crippen molar-refractivity contribution in [2.45, 2.75) is 52.0 Å². The Kier molecular flexibility index (Phi) is 4.85. The van der Waals surface area contributed by atoms with Crippen LogP contribution in [-0.4, -0.2) is 24.1 Å². The fourth-order valence-electron chi connectivity index (χ4n) is 2.51. The second-order valence-corrected chi connectivity index (χ2v) is 5.11. The first-order valence-electron chi connectivity index (χ1n) is 7.31. The number of nitrogens with one attached hydrogen (secondary N) is 1. The van der Waals surface area contributed by atoms with E-state index in [2.05, 4.69) is 41.2 Å². The summed E-state index contributed by atoms with van der Waals surface area (Å²) >= 11 is 0. The average molecular weight is 247 g/mol. The molecule has 0 aliphatic carbocycles. The highest BCUT2D eigenvalue weighted by Crippen LogP contribution is 2.19. The van der Waals surface area contributed by atoms with E-state index >= 15 is 0 Å². The molecule has 2 heterocycles. The molecule has 1 fully saturated rings. The minimum atomic E-state index is 0.563. The SMILES string of the molecule is CCC(CC)Nc1ccc(N2CCCCC2)nc1. The molecule has 3 nitrogen and oxygen atoms in total. The predicted octanol–water partition coefficient (Wildman–Crippen LogP) is 3.67. The van der Waals surface area contributed by atoms with Crippen molar-refractivity contribution in [2.24, 2.45) is 0 Å². The molecule has 0 aromatic carbocycles. The van der Waals surface area contributed by atoms with Crippen molar-refractivity contribution in [1.29, 1.82) is 0 Å². The van der Waals surface area contributed by atoms with Gasteiger partial charge in [-0.3, -0.25) is 0 Å². The third-order valence-corrected chi connectivity index (χ3v) is 3.78. The van der Waals surface area contributed by atoms with Gasteiger partial charge in [0.25, 0.3) is 0 Å². The van der Waals surface area contributed by atoms with Crippen molar-refractivity contribution in [1.82, 2.24) is 4.98 Å². The zero-order chi connectivity index (χ0) is 12.8. The van der Waals surface area contributed by atoms with Crippen LogP contribution in [0.25, 0.3) is 0 Å². The van der Waals surface area contributed by atoms with Gasteiger partial charge in [-0.1, -0.05) is 13.8 Å². The molecule has 0 radical (unpaired) electrons. The maximum atomic E-state index is 4.59. The maximum absolute atomic E-state index is 4.59. The van der Waals surface area contributed by atoms with E-state index < -0.39 is 0 Å². The minimum absolute atomic E-state index is 0.563. The van der Waals surface area contributed by atoms with E-state index in [0.717, 1.165) is 37.4 Å². The van der Waals surface area contributed by atoms with E-state index in [1.807, 2.05) is 6.20 Å². The number of aromatic nitrogens is 1. The number of anilines is 2. The van der Waals surface area contributed by atoms with Crippen LogP contribution in [0.2, 0.25) is 0 Å². The van der Waals surface area contributed by atoms with Crippen LogP contribution in [-0.2, 0) is 0 Å². The molecular weight excluding hydrogens is 222 g/mol. The normalized spacial score (nSPS) is 16.1. The van der Waals surface area contributed by atoms with Gasteiger partial charge in [0.2, 0.25) is 0 Å². The van der Waals surface area contributed by atoms with E-state index in [-0.39, 0.29) is 0 Å². The molecule has 1 saturated heterocycles. The highest BCUT2D eigenvalue weighted by atomic mass is 15.2. The highest BCUT2D eigenvalue weighted by molar-refractivity contribution is 5.49. The van der Waals surface area contributed by atoms with E-state index in [9.17, 15) is 0 Å². The Morgan fingerprint density at radius 3 is 2.44 bits per heavy atom. The molecule has 0 atom stereocenters. The maximum Gasteiger partial charge on any atom is 0.128 e. The number of hydrogen-bond donors (Lipinski definition) is 1. The fourth-order valence-corrected chi connectivity index (χ4v) is 2.51. The zero-order valence-corrected chi connectivity index (χ0v) is 11.7. The Balaban J connectivity index is 1.96. The van der Waals surface area contributed by atoms with Gasteiger partial charge in [-0.05, 0) is 44.2 Å². The van der Waals surface area contributed by atoms with Crippen molar-refractivity contribution < 1.29 is 0 Å². The third-order valence-electron chi connectivity index (χ3n) is 3.78. The van der Waals surface area contributed by atoms with Crippen molar-refractivity contribution in [3.8, 4) is 0 Å². The standard InChI is InChI=1S/C15H25N3/c1-3-13(4-2)17-14-8-9-15(16-12-14)18-10-6-5-7-11-18/h8-9,12-13,17H,3-7,10-11H2,1-2H3. The Morgan fingerprint density at radius 1 is 1.17 bits per heavy atom. The van der Waals surface area contributed by atoms with Crippen molar-refractivity contribution in [2.75, 3.05) is 23.3 Å².